The van der Waals surface area contributed by atoms with Gasteiger partial charge in [0.05, 0.1) is 5.56 Å². The minimum absolute atomic E-state index is 0.0297. The molecular formula is C18H14ClNO5. The first-order valence-corrected chi connectivity index (χ1v) is 7.79. The van der Waals surface area contributed by atoms with Crippen LogP contribution in [0.2, 0.25) is 5.15 Å². The Hall–Kier alpha value is -2.86. The van der Waals surface area contributed by atoms with Gasteiger partial charge in [0, 0.05) is 28.8 Å². The molecular weight excluding hydrogens is 346 g/mol. The third-order valence-corrected chi connectivity index (χ3v) is 3.95. The van der Waals surface area contributed by atoms with E-state index in [4.69, 9.17) is 20.8 Å². The standard InChI is InChI=1S/C18H14ClNO5/c1-9-5-10(2)20-17(19)16(9)18(23)24-8-11-6-15(22)25-14-7-12(21)3-4-13(11)14/h3-7,21H,8H2,1-2H3. The number of ether oxygens (including phenoxy) is 1. The minimum atomic E-state index is -0.629. The number of benzene rings is 1. The van der Waals surface area contributed by atoms with Crippen LogP contribution < -0.4 is 5.63 Å². The molecule has 3 rings (SSSR count). The summed E-state index contributed by atoms with van der Waals surface area (Å²) in [4.78, 5) is 28.1. The van der Waals surface area contributed by atoms with Crippen molar-refractivity contribution in [3.63, 3.8) is 0 Å². The number of halogens is 1. The molecule has 0 amide bonds. The zero-order chi connectivity index (χ0) is 18.1. The van der Waals surface area contributed by atoms with E-state index in [-0.39, 0.29) is 28.7 Å². The second-order valence-electron chi connectivity index (χ2n) is 5.59. The zero-order valence-electron chi connectivity index (χ0n) is 13.5. The van der Waals surface area contributed by atoms with Gasteiger partial charge in [-0.25, -0.2) is 14.6 Å². The maximum atomic E-state index is 12.4. The van der Waals surface area contributed by atoms with E-state index >= 15 is 0 Å². The molecule has 128 valence electrons. The molecule has 6 nitrogen and oxygen atoms in total. The van der Waals surface area contributed by atoms with E-state index in [1.807, 2.05) is 0 Å². The van der Waals surface area contributed by atoms with Crippen molar-refractivity contribution < 1.29 is 19.1 Å². The predicted molar refractivity (Wildman–Crippen MR) is 92.0 cm³/mol. The largest absolute Gasteiger partial charge is 0.508 e. The smallest absolute Gasteiger partial charge is 0.341 e. The Morgan fingerprint density at radius 1 is 1.28 bits per heavy atom. The fourth-order valence-corrected chi connectivity index (χ4v) is 2.95. The molecule has 0 unspecified atom stereocenters. The van der Waals surface area contributed by atoms with Crippen LogP contribution in [-0.2, 0) is 11.3 Å². The summed E-state index contributed by atoms with van der Waals surface area (Å²) in [5.74, 6) is -0.659. The number of aromatic hydroxyl groups is 1. The van der Waals surface area contributed by atoms with Crippen molar-refractivity contribution >= 4 is 28.5 Å². The highest BCUT2D eigenvalue weighted by atomic mass is 35.5. The van der Waals surface area contributed by atoms with Gasteiger partial charge in [0.15, 0.2) is 0 Å². The predicted octanol–water partition coefficient (Wildman–Crippen LogP) is 3.52. The molecule has 0 aliphatic heterocycles. The van der Waals surface area contributed by atoms with E-state index in [0.29, 0.717) is 22.2 Å². The van der Waals surface area contributed by atoms with E-state index in [2.05, 4.69) is 4.98 Å². The first-order valence-electron chi connectivity index (χ1n) is 7.42. The number of fused-ring (bicyclic) bond motifs is 1. The topological polar surface area (TPSA) is 89.6 Å². The van der Waals surface area contributed by atoms with E-state index in [9.17, 15) is 14.7 Å². The number of phenols is 1. The molecule has 0 spiro atoms. The number of carbonyl (C=O) groups excluding carboxylic acids is 1. The molecule has 2 heterocycles. The van der Waals surface area contributed by atoms with Crippen LogP contribution in [0.3, 0.4) is 0 Å². The van der Waals surface area contributed by atoms with Crippen LogP contribution in [0.5, 0.6) is 5.75 Å². The van der Waals surface area contributed by atoms with Crippen LogP contribution in [0.4, 0.5) is 0 Å². The summed E-state index contributed by atoms with van der Waals surface area (Å²) in [5, 5.41) is 10.1. The lowest BCUT2D eigenvalue weighted by molar-refractivity contribution is 0.0472. The zero-order valence-corrected chi connectivity index (χ0v) is 14.3. The van der Waals surface area contributed by atoms with Crippen molar-refractivity contribution in [2.24, 2.45) is 0 Å². The second-order valence-corrected chi connectivity index (χ2v) is 5.95. The Morgan fingerprint density at radius 3 is 2.76 bits per heavy atom. The molecule has 7 heteroatoms. The van der Waals surface area contributed by atoms with Gasteiger partial charge in [0.25, 0.3) is 0 Å². The van der Waals surface area contributed by atoms with Gasteiger partial charge in [0.2, 0.25) is 0 Å². The Labute approximate surface area is 147 Å². The third kappa shape index (κ3) is 3.49. The van der Waals surface area contributed by atoms with Gasteiger partial charge in [-0.05, 0) is 37.6 Å². The van der Waals surface area contributed by atoms with Crippen LogP contribution in [0, 0.1) is 13.8 Å². The van der Waals surface area contributed by atoms with Gasteiger partial charge in [0.1, 0.15) is 23.1 Å². The number of hydrogen-bond acceptors (Lipinski definition) is 6. The summed E-state index contributed by atoms with van der Waals surface area (Å²) in [6.45, 7) is 3.38. The quantitative estimate of drug-likeness (QED) is 0.437. The third-order valence-electron chi connectivity index (χ3n) is 3.68. The van der Waals surface area contributed by atoms with Crippen LogP contribution in [-0.4, -0.2) is 16.1 Å². The fraction of sp³-hybridized carbons (Fsp3) is 0.167. The van der Waals surface area contributed by atoms with Crippen molar-refractivity contribution in [3.8, 4) is 5.75 Å². The van der Waals surface area contributed by atoms with E-state index < -0.39 is 11.6 Å². The number of phenolic OH excluding ortho intramolecular Hbond substituents is 1. The lowest BCUT2D eigenvalue weighted by atomic mass is 10.1. The first kappa shape index (κ1) is 17.0. The monoisotopic (exact) mass is 359 g/mol. The van der Waals surface area contributed by atoms with E-state index in [1.54, 1.807) is 26.0 Å². The SMILES string of the molecule is Cc1cc(C)c(C(=O)OCc2cc(=O)oc3cc(O)ccc23)c(Cl)n1. The number of esters is 1. The van der Waals surface area contributed by atoms with Crippen molar-refractivity contribution in [1.29, 1.82) is 0 Å². The molecule has 2 aromatic heterocycles. The van der Waals surface area contributed by atoms with Crippen LogP contribution in [0.25, 0.3) is 11.0 Å². The summed E-state index contributed by atoms with van der Waals surface area (Å²) < 4.78 is 10.3. The number of aromatic nitrogens is 1. The minimum Gasteiger partial charge on any atom is -0.508 e. The number of aryl methyl sites for hydroxylation is 2. The maximum absolute atomic E-state index is 12.4. The van der Waals surface area contributed by atoms with Gasteiger partial charge >= 0.3 is 11.6 Å². The lowest BCUT2D eigenvalue weighted by Crippen LogP contribution is -2.11. The number of nitrogens with zero attached hydrogens (tertiary/aromatic N) is 1. The molecule has 0 saturated carbocycles. The molecule has 1 N–H and O–H groups in total. The molecule has 0 saturated heterocycles. The number of rotatable bonds is 3. The Balaban J connectivity index is 1.91. The Morgan fingerprint density at radius 2 is 2.04 bits per heavy atom. The van der Waals surface area contributed by atoms with E-state index in [0.717, 1.165) is 0 Å². The van der Waals surface area contributed by atoms with Crippen molar-refractivity contribution in [2.45, 2.75) is 20.5 Å². The number of pyridine rings is 1. The molecule has 3 aromatic rings. The van der Waals surface area contributed by atoms with E-state index in [1.165, 1.54) is 18.2 Å². The summed E-state index contributed by atoms with van der Waals surface area (Å²) in [7, 11) is 0. The molecule has 0 bridgehead atoms. The van der Waals surface area contributed by atoms with Crippen molar-refractivity contribution in [1.82, 2.24) is 4.98 Å². The molecule has 0 atom stereocenters. The van der Waals surface area contributed by atoms with Gasteiger partial charge in [-0.1, -0.05) is 11.6 Å². The summed E-state index contributed by atoms with van der Waals surface area (Å²) >= 11 is 6.04. The molecule has 1 aromatic carbocycles. The molecule has 0 aliphatic carbocycles. The normalized spacial score (nSPS) is 10.8. The maximum Gasteiger partial charge on any atom is 0.341 e. The molecule has 0 radical (unpaired) electrons. The fourth-order valence-electron chi connectivity index (χ4n) is 2.59. The van der Waals surface area contributed by atoms with Gasteiger partial charge < -0.3 is 14.3 Å². The average molecular weight is 360 g/mol. The number of carbonyl (C=O) groups is 1. The summed E-state index contributed by atoms with van der Waals surface area (Å²) in [5.41, 5.74) is 1.63. The lowest BCUT2D eigenvalue weighted by Gasteiger charge is -2.10. The van der Waals surface area contributed by atoms with Gasteiger partial charge in [-0.15, -0.1) is 0 Å². The highest BCUT2D eigenvalue weighted by molar-refractivity contribution is 6.32. The van der Waals surface area contributed by atoms with Gasteiger partial charge in [-0.2, -0.15) is 0 Å². The molecule has 0 aliphatic rings. The average Bonchev–Trinajstić information content (AvgIpc) is 2.50. The Bertz CT molecular complexity index is 1020. The van der Waals surface area contributed by atoms with Crippen molar-refractivity contribution in [2.75, 3.05) is 0 Å². The molecule has 25 heavy (non-hydrogen) atoms. The van der Waals surface area contributed by atoms with Crippen LogP contribution in [0.15, 0.2) is 39.5 Å². The van der Waals surface area contributed by atoms with Crippen LogP contribution >= 0.6 is 11.6 Å². The second kappa shape index (κ2) is 6.57. The Kier molecular flexibility index (Phi) is 4.46. The highest BCUT2D eigenvalue weighted by Crippen LogP contribution is 2.24. The highest BCUT2D eigenvalue weighted by Gasteiger charge is 2.18. The summed E-state index contributed by atoms with van der Waals surface area (Å²) in [6.07, 6.45) is 0. The van der Waals surface area contributed by atoms with Crippen molar-refractivity contribution in [3.05, 3.63) is 68.3 Å². The first-order chi connectivity index (χ1) is 11.8. The summed E-state index contributed by atoms with van der Waals surface area (Å²) in [6, 6.07) is 7.35. The molecule has 0 fully saturated rings. The van der Waals surface area contributed by atoms with Gasteiger partial charge in [-0.3, -0.25) is 0 Å². The number of hydrogen-bond donors (Lipinski definition) is 1. The van der Waals surface area contributed by atoms with Crippen LogP contribution in [0.1, 0.15) is 27.2 Å².